The van der Waals surface area contributed by atoms with E-state index in [1.165, 1.54) is 16.5 Å². The molecule has 0 atom stereocenters. The van der Waals surface area contributed by atoms with Crippen LogP contribution in [0.3, 0.4) is 0 Å². The lowest BCUT2D eigenvalue weighted by Gasteiger charge is -2.16. The van der Waals surface area contributed by atoms with Gasteiger partial charge in [-0.1, -0.05) is 13.0 Å². The zero-order chi connectivity index (χ0) is 15.4. The van der Waals surface area contributed by atoms with Crippen LogP contribution in [0.5, 0.6) is 0 Å². The Morgan fingerprint density at radius 1 is 1.19 bits per heavy atom. The normalized spacial score (nSPS) is 11.3. The molecule has 114 valence electrons. The van der Waals surface area contributed by atoms with Crippen LogP contribution in [-0.4, -0.2) is 48.0 Å². The molecule has 0 aliphatic carbocycles. The molecule has 1 aromatic carbocycles. The van der Waals surface area contributed by atoms with Gasteiger partial charge in [0.15, 0.2) is 0 Å². The molecular weight excluding hydrogens is 262 g/mol. The highest BCUT2D eigenvalue weighted by Crippen LogP contribution is 2.18. The molecule has 0 radical (unpaired) electrons. The average Bonchev–Trinajstić information content (AvgIpc) is 2.86. The first-order chi connectivity index (χ1) is 10.0. The van der Waals surface area contributed by atoms with Crippen LogP contribution in [0, 0.1) is 0 Å². The molecule has 0 saturated carbocycles. The molecule has 21 heavy (non-hydrogen) atoms. The number of amides is 1. The third kappa shape index (κ3) is 3.85. The monoisotopic (exact) mass is 287 g/mol. The number of aromatic nitrogens is 1. The summed E-state index contributed by atoms with van der Waals surface area (Å²) in [4.78, 5) is 15.6. The first-order valence-corrected chi connectivity index (χ1v) is 7.47. The quantitative estimate of drug-likeness (QED) is 0.817. The Bertz CT molecular complexity index is 616. The number of likely N-dealkylation sites (N-methyl/N-ethyl adjacent to an activating group) is 1. The van der Waals surface area contributed by atoms with Crippen LogP contribution in [0.4, 0.5) is 0 Å². The van der Waals surface area contributed by atoms with Crippen molar-refractivity contribution in [1.29, 1.82) is 0 Å². The number of carbonyl (C=O) groups is 1. The molecule has 4 nitrogen and oxygen atoms in total. The fourth-order valence-electron chi connectivity index (χ4n) is 2.48. The van der Waals surface area contributed by atoms with E-state index in [1.807, 2.05) is 14.0 Å². The number of hydrogen-bond acceptors (Lipinski definition) is 2. The van der Waals surface area contributed by atoms with Gasteiger partial charge in [0.1, 0.15) is 0 Å². The fraction of sp³-hybridized carbons (Fsp3) is 0.471. The molecule has 4 heteroatoms. The van der Waals surface area contributed by atoms with Crippen LogP contribution in [0.15, 0.2) is 30.5 Å². The van der Waals surface area contributed by atoms with Gasteiger partial charge in [0.25, 0.3) is 0 Å². The third-order valence-corrected chi connectivity index (χ3v) is 3.77. The summed E-state index contributed by atoms with van der Waals surface area (Å²) in [5.74, 6) is 0.179. The Hall–Kier alpha value is -1.81. The summed E-state index contributed by atoms with van der Waals surface area (Å²) >= 11 is 0. The van der Waals surface area contributed by atoms with Crippen molar-refractivity contribution in [3.8, 4) is 0 Å². The lowest BCUT2D eigenvalue weighted by atomic mass is 10.1. The summed E-state index contributed by atoms with van der Waals surface area (Å²) in [6.45, 7) is 4.59. The second-order valence-corrected chi connectivity index (χ2v) is 5.81. The van der Waals surface area contributed by atoms with Gasteiger partial charge in [0, 0.05) is 44.8 Å². The molecule has 0 unspecified atom stereocenters. The SMILES string of the molecule is CCC(=O)N(C)Cc1ccc2c(ccn2CCN(C)C)c1. The van der Waals surface area contributed by atoms with Crippen molar-refractivity contribution in [3.05, 3.63) is 36.0 Å². The summed E-state index contributed by atoms with van der Waals surface area (Å²) in [6, 6.07) is 8.61. The maximum Gasteiger partial charge on any atom is 0.222 e. The molecule has 1 amide bonds. The summed E-state index contributed by atoms with van der Waals surface area (Å²) in [6.07, 6.45) is 2.69. The fourth-order valence-corrected chi connectivity index (χ4v) is 2.48. The summed E-state index contributed by atoms with van der Waals surface area (Å²) < 4.78 is 2.28. The highest BCUT2D eigenvalue weighted by Gasteiger charge is 2.08. The van der Waals surface area contributed by atoms with Gasteiger partial charge in [0.2, 0.25) is 5.91 Å². The van der Waals surface area contributed by atoms with Gasteiger partial charge in [-0.25, -0.2) is 0 Å². The standard InChI is InChI=1S/C17H25N3O/c1-5-17(21)19(4)13-14-6-7-16-15(12-14)8-9-20(16)11-10-18(2)3/h6-9,12H,5,10-11,13H2,1-4H3. The predicted octanol–water partition coefficient (Wildman–Crippen LogP) is 2.57. The highest BCUT2D eigenvalue weighted by molar-refractivity contribution is 5.81. The van der Waals surface area contributed by atoms with Crippen molar-refractivity contribution in [2.75, 3.05) is 27.7 Å². The third-order valence-electron chi connectivity index (χ3n) is 3.77. The molecule has 0 aliphatic rings. The molecule has 1 heterocycles. The maximum atomic E-state index is 11.7. The molecule has 0 aliphatic heterocycles. The molecule has 2 aromatic rings. The minimum Gasteiger partial charge on any atom is -0.346 e. The minimum absolute atomic E-state index is 0.179. The van der Waals surface area contributed by atoms with Crippen LogP contribution < -0.4 is 0 Å². The van der Waals surface area contributed by atoms with Crippen molar-refractivity contribution in [2.45, 2.75) is 26.4 Å². The van der Waals surface area contributed by atoms with E-state index in [1.54, 1.807) is 4.90 Å². The number of carbonyl (C=O) groups excluding carboxylic acids is 1. The number of benzene rings is 1. The number of rotatable bonds is 6. The van der Waals surface area contributed by atoms with E-state index in [2.05, 4.69) is 54.0 Å². The largest absolute Gasteiger partial charge is 0.346 e. The van der Waals surface area contributed by atoms with E-state index in [4.69, 9.17) is 0 Å². The number of nitrogens with zero attached hydrogens (tertiary/aromatic N) is 3. The molecular formula is C17H25N3O. The number of fused-ring (bicyclic) bond motifs is 1. The van der Waals surface area contributed by atoms with Crippen LogP contribution in [-0.2, 0) is 17.9 Å². The van der Waals surface area contributed by atoms with Crippen molar-refractivity contribution in [2.24, 2.45) is 0 Å². The molecule has 0 bridgehead atoms. The van der Waals surface area contributed by atoms with E-state index < -0.39 is 0 Å². The zero-order valence-electron chi connectivity index (χ0n) is 13.5. The minimum atomic E-state index is 0.179. The van der Waals surface area contributed by atoms with Crippen LogP contribution in [0.2, 0.25) is 0 Å². The molecule has 0 spiro atoms. The molecule has 0 saturated heterocycles. The topological polar surface area (TPSA) is 28.5 Å². The first-order valence-electron chi connectivity index (χ1n) is 7.47. The summed E-state index contributed by atoms with van der Waals surface area (Å²) in [5.41, 5.74) is 2.43. The average molecular weight is 287 g/mol. The maximum absolute atomic E-state index is 11.7. The lowest BCUT2D eigenvalue weighted by Crippen LogP contribution is -2.25. The highest BCUT2D eigenvalue weighted by atomic mass is 16.2. The van der Waals surface area contributed by atoms with Crippen molar-refractivity contribution >= 4 is 16.8 Å². The van der Waals surface area contributed by atoms with Gasteiger partial charge in [-0.3, -0.25) is 4.79 Å². The van der Waals surface area contributed by atoms with Crippen LogP contribution >= 0.6 is 0 Å². The Morgan fingerprint density at radius 3 is 2.62 bits per heavy atom. The van der Waals surface area contributed by atoms with Gasteiger partial charge < -0.3 is 14.4 Å². The van der Waals surface area contributed by atoms with Gasteiger partial charge in [-0.05, 0) is 43.2 Å². The Kier molecular flexibility index (Phi) is 5.02. The molecule has 1 aromatic heterocycles. The van der Waals surface area contributed by atoms with Crippen molar-refractivity contribution < 1.29 is 4.79 Å². The van der Waals surface area contributed by atoms with Crippen molar-refractivity contribution in [3.63, 3.8) is 0 Å². The number of hydrogen-bond donors (Lipinski definition) is 0. The Balaban J connectivity index is 2.14. The smallest absolute Gasteiger partial charge is 0.222 e. The van der Waals surface area contributed by atoms with E-state index in [0.29, 0.717) is 13.0 Å². The van der Waals surface area contributed by atoms with E-state index in [9.17, 15) is 4.79 Å². The second kappa shape index (κ2) is 6.76. The lowest BCUT2D eigenvalue weighted by molar-refractivity contribution is -0.130. The predicted molar refractivity (Wildman–Crippen MR) is 87.3 cm³/mol. The van der Waals surface area contributed by atoms with Gasteiger partial charge in [-0.15, -0.1) is 0 Å². The molecule has 2 rings (SSSR count). The van der Waals surface area contributed by atoms with Crippen molar-refractivity contribution in [1.82, 2.24) is 14.4 Å². The Labute approximate surface area is 126 Å². The summed E-state index contributed by atoms with van der Waals surface area (Å²) in [7, 11) is 6.03. The molecule has 0 fully saturated rings. The van der Waals surface area contributed by atoms with Crippen LogP contribution in [0.1, 0.15) is 18.9 Å². The first kappa shape index (κ1) is 15.6. The van der Waals surface area contributed by atoms with Gasteiger partial charge in [-0.2, -0.15) is 0 Å². The second-order valence-electron chi connectivity index (χ2n) is 5.81. The van der Waals surface area contributed by atoms with Gasteiger partial charge >= 0.3 is 0 Å². The van der Waals surface area contributed by atoms with Crippen LogP contribution in [0.25, 0.3) is 10.9 Å². The zero-order valence-corrected chi connectivity index (χ0v) is 13.5. The molecule has 0 N–H and O–H groups in total. The van der Waals surface area contributed by atoms with E-state index in [0.717, 1.165) is 13.1 Å². The van der Waals surface area contributed by atoms with Gasteiger partial charge in [0.05, 0.1) is 0 Å². The summed E-state index contributed by atoms with van der Waals surface area (Å²) in [5, 5.41) is 1.24. The van der Waals surface area contributed by atoms with E-state index >= 15 is 0 Å². The Morgan fingerprint density at radius 2 is 1.95 bits per heavy atom. The van der Waals surface area contributed by atoms with E-state index in [-0.39, 0.29) is 5.91 Å².